The molecule has 3 nitrogen and oxygen atoms in total. The van der Waals surface area contributed by atoms with Crippen molar-refractivity contribution in [3.63, 3.8) is 0 Å². The van der Waals surface area contributed by atoms with E-state index >= 15 is 0 Å². The average molecular weight is 280 g/mol. The van der Waals surface area contributed by atoms with Gasteiger partial charge < -0.3 is 10.8 Å². The first-order valence-electron chi connectivity index (χ1n) is 8.86. The van der Waals surface area contributed by atoms with Crippen LogP contribution in [0, 0.1) is 11.8 Å². The molecular formula is C17H32N2O. The fourth-order valence-corrected chi connectivity index (χ4v) is 5.08. The van der Waals surface area contributed by atoms with Crippen LogP contribution in [0.25, 0.3) is 0 Å². The zero-order chi connectivity index (χ0) is 14.1. The van der Waals surface area contributed by atoms with Crippen LogP contribution in [-0.4, -0.2) is 40.8 Å². The number of aliphatic hydroxyl groups excluding tert-OH is 1. The number of nitrogens with two attached hydrogens (primary N) is 1. The first-order valence-corrected chi connectivity index (χ1v) is 8.86. The van der Waals surface area contributed by atoms with Crippen molar-refractivity contribution >= 4 is 0 Å². The van der Waals surface area contributed by atoms with Crippen molar-refractivity contribution in [3.8, 4) is 0 Å². The van der Waals surface area contributed by atoms with Crippen molar-refractivity contribution in [2.24, 2.45) is 17.6 Å². The highest BCUT2D eigenvalue weighted by Gasteiger charge is 2.42. The smallest absolute Gasteiger partial charge is 0.0570 e. The second-order valence-corrected chi connectivity index (χ2v) is 7.60. The Morgan fingerprint density at radius 3 is 2.40 bits per heavy atom. The van der Waals surface area contributed by atoms with Crippen LogP contribution in [0.3, 0.4) is 0 Å². The predicted octanol–water partition coefficient (Wildman–Crippen LogP) is 2.52. The summed E-state index contributed by atoms with van der Waals surface area (Å²) in [6.07, 6.45) is 11.1. The lowest BCUT2D eigenvalue weighted by Gasteiger charge is -2.42. The summed E-state index contributed by atoms with van der Waals surface area (Å²) >= 11 is 0. The van der Waals surface area contributed by atoms with Crippen molar-refractivity contribution in [2.75, 3.05) is 6.54 Å². The van der Waals surface area contributed by atoms with Gasteiger partial charge >= 0.3 is 0 Å². The first kappa shape index (κ1) is 14.8. The minimum atomic E-state index is -0.0448. The van der Waals surface area contributed by atoms with Gasteiger partial charge in [0, 0.05) is 24.7 Å². The molecule has 0 radical (unpaired) electrons. The van der Waals surface area contributed by atoms with Gasteiger partial charge in [0.2, 0.25) is 0 Å². The molecule has 2 bridgehead atoms. The quantitative estimate of drug-likeness (QED) is 0.832. The number of nitrogens with zero attached hydrogens (tertiary/aromatic N) is 1. The number of hydrogen-bond acceptors (Lipinski definition) is 3. The summed E-state index contributed by atoms with van der Waals surface area (Å²) in [7, 11) is 0. The van der Waals surface area contributed by atoms with Gasteiger partial charge in [-0.2, -0.15) is 0 Å². The van der Waals surface area contributed by atoms with Gasteiger partial charge in [0.05, 0.1) is 6.10 Å². The molecule has 5 unspecified atom stereocenters. The Hall–Kier alpha value is -0.120. The molecule has 0 aromatic carbocycles. The van der Waals surface area contributed by atoms with E-state index in [0.29, 0.717) is 24.0 Å². The lowest BCUT2D eigenvalue weighted by Crippen LogP contribution is -2.50. The summed E-state index contributed by atoms with van der Waals surface area (Å²) in [6.45, 7) is 3.50. The van der Waals surface area contributed by atoms with E-state index in [-0.39, 0.29) is 6.10 Å². The van der Waals surface area contributed by atoms with Crippen molar-refractivity contribution < 1.29 is 5.11 Å². The average Bonchev–Trinajstić information content (AvgIpc) is 2.66. The summed E-state index contributed by atoms with van der Waals surface area (Å²) < 4.78 is 0. The third kappa shape index (κ3) is 3.05. The SMILES string of the molecule is CCCC1CCC(N)C(CN2C3CCC2CC(O)C3)C1. The van der Waals surface area contributed by atoms with E-state index in [1.807, 2.05) is 0 Å². The molecule has 3 aliphatic rings. The number of rotatable bonds is 4. The molecule has 0 aromatic heterocycles. The number of aliphatic hydroxyl groups is 1. The maximum atomic E-state index is 9.93. The van der Waals surface area contributed by atoms with Crippen molar-refractivity contribution in [3.05, 3.63) is 0 Å². The van der Waals surface area contributed by atoms with Crippen LogP contribution in [0.15, 0.2) is 0 Å². The maximum absolute atomic E-state index is 9.93. The molecule has 0 amide bonds. The van der Waals surface area contributed by atoms with Gasteiger partial charge in [0.15, 0.2) is 0 Å². The molecule has 5 atom stereocenters. The van der Waals surface area contributed by atoms with Gasteiger partial charge in [0.25, 0.3) is 0 Å². The largest absolute Gasteiger partial charge is 0.393 e. The second kappa shape index (κ2) is 6.33. The molecule has 3 fully saturated rings. The summed E-state index contributed by atoms with van der Waals surface area (Å²) in [6, 6.07) is 1.69. The van der Waals surface area contributed by atoms with Gasteiger partial charge in [-0.1, -0.05) is 19.8 Å². The molecule has 20 heavy (non-hydrogen) atoms. The highest BCUT2D eigenvalue weighted by Crippen LogP contribution is 2.39. The zero-order valence-corrected chi connectivity index (χ0v) is 13.0. The van der Waals surface area contributed by atoms with E-state index < -0.39 is 0 Å². The van der Waals surface area contributed by atoms with Crippen LogP contribution in [-0.2, 0) is 0 Å². The standard InChI is InChI=1S/C17H32N2O/c1-2-3-12-4-7-17(18)13(8-12)11-19-14-5-6-15(19)10-16(20)9-14/h12-17,20H,2-11,18H2,1H3. The third-order valence-electron chi connectivity index (χ3n) is 6.15. The molecule has 0 spiro atoms. The Bertz CT molecular complexity index is 308. The fraction of sp³-hybridized carbons (Fsp3) is 1.00. The first-order chi connectivity index (χ1) is 9.67. The van der Waals surface area contributed by atoms with Crippen molar-refractivity contribution in [2.45, 2.75) is 88.9 Å². The molecule has 2 saturated heterocycles. The molecule has 2 heterocycles. The molecule has 3 heteroatoms. The maximum Gasteiger partial charge on any atom is 0.0570 e. The molecule has 1 aliphatic carbocycles. The van der Waals surface area contributed by atoms with E-state index in [9.17, 15) is 5.11 Å². The van der Waals surface area contributed by atoms with Crippen molar-refractivity contribution in [1.29, 1.82) is 0 Å². The number of piperidine rings is 1. The second-order valence-electron chi connectivity index (χ2n) is 7.60. The summed E-state index contributed by atoms with van der Waals surface area (Å²) in [4.78, 5) is 2.71. The van der Waals surface area contributed by atoms with Gasteiger partial charge in [0.1, 0.15) is 0 Å². The van der Waals surface area contributed by atoms with Crippen LogP contribution in [0.4, 0.5) is 0 Å². The molecule has 3 rings (SSSR count). The Labute approximate surface area is 123 Å². The zero-order valence-electron chi connectivity index (χ0n) is 13.0. The minimum Gasteiger partial charge on any atom is -0.393 e. The van der Waals surface area contributed by atoms with Crippen LogP contribution >= 0.6 is 0 Å². The van der Waals surface area contributed by atoms with E-state index in [1.54, 1.807) is 0 Å². The van der Waals surface area contributed by atoms with Gasteiger partial charge in [-0.05, 0) is 56.8 Å². The van der Waals surface area contributed by atoms with Gasteiger partial charge in [-0.15, -0.1) is 0 Å². The lowest BCUT2D eigenvalue weighted by molar-refractivity contribution is 0.0181. The molecule has 1 saturated carbocycles. The monoisotopic (exact) mass is 280 g/mol. The molecule has 3 N–H and O–H groups in total. The number of hydrogen-bond donors (Lipinski definition) is 2. The van der Waals surface area contributed by atoms with E-state index in [0.717, 1.165) is 18.8 Å². The van der Waals surface area contributed by atoms with Crippen LogP contribution in [0.5, 0.6) is 0 Å². The minimum absolute atomic E-state index is 0.0448. The fourth-order valence-electron chi connectivity index (χ4n) is 5.08. The van der Waals surface area contributed by atoms with E-state index in [4.69, 9.17) is 5.73 Å². The van der Waals surface area contributed by atoms with E-state index in [1.165, 1.54) is 51.5 Å². The van der Waals surface area contributed by atoms with Crippen molar-refractivity contribution in [1.82, 2.24) is 4.90 Å². The van der Waals surface area contributed by atoms with E-state index in [2.05, 4.69) is 11.8 Å². The molecular weight excluding hydrogens is 248 g/mol. The number of fused-ring (bicyclic) bond motifs is 2. The highest BCUT2D eigenvalue weighted by atomic mass is 16.3. The third-order valence-corrected chi connectivity index (χ3v) is 6.15. The molecule has 2 aliphatic heterocycles. The van der Waals surface area contributed by atoms with Crippen LogP contribution in [0.1, 0.15) is 64.7 Å². The summed E-state index contributed by atoms with van der Waals surface area (Å²) in [5, 5.41) is 9.93. The van der Waals surface area contributed by atoms with Gasteiger partial charge in [-0.3, -0.25) is 4.90 Å². The van der Waals surface area contributed by atoms with Crippen LogP contribution in [0.2, 0.25) is 0 Å². The lowest BCUT2D eigenvalue weighted by atomic mass is 9.76. The highest BCUT2D eigenvalue weighted by molar-refractivity contribution is 4.97. The Balaban J connectivity index is 1.59. The van der Waals surface area contributed by atoms with Gasteiger partial charge in [-0.25, -0.2) is 0 Å². The Morgan fingerprint density at radius 1 is 1.05 bits per heavy atom. The molecule has 116 valence electrons. The predicted molar refractivity (Wildman–Crippen MR) is 82.5 cm³/mol. The topological polar surface area (TPSA) is 49.5 Å². The summed E-state index contributed by atoms with van der Waals surface area (Å²) in [5.41, 5.74) is 6.42. The normalized spacial score (nSPS) is 45.8. The van der Waals surface area contributed by atoms with Crippen LogP contribution < -0.4 is 5.73 Å². The molecule has 0 aromatic rings. The summed E-state index contributed by atoms with van der Waals surface area (Å²) in [5.74, 6) is 1.61. The Kier molecular flexibility index (Phi) is 4.68. The Morgan fingerprint density at radius 2 is 1.75 bits per heavy atom.